The molecule has 0 spiro atoms. The van der Waals surface area contributed by atoms with E-state index in [1.165, 1.54) is 44.5 Å². The van der Waals surface area contributed by atoms with Crippen LogP contribution < -0.4 is 0 Å². The van der Waals surface area contributed by atoms with Crippen molar-refractivity contribution in [2.45, 2.75) is 58.9 Å². The topological polar surface area (TPSA) is 28.5 Å². The Morgan fingerprint density at radius 1 is 0.913 bits per heavy atom. The molecule has 128 valence electrons. The number of carbonyl (C=O) groups excluding carboxylic acids is 1. The van der Waals surface area contributed by atoms with Crippen LogP contribution in [0.4, 0.5) is 0 Å². The second kappa shape index (κ2) is 7.52. The summed E-state index contributed by atoms with van der Waals surface area (Å²) in [6, 6.07) is 2.10. The summed E-state index contributed by atoms with van der Waals surface area (Å²) in [5, 5.41) is 0. The van der Waals surface area contributed by atoms with E-state index in [2.05, 4.69) is 34.3 Å². The predicted molar refractivity (Wildman–Crippen MR) is 94.0 cm³/mol. The molecule has 0 bridgehead atoms. The Morgan fingerprint density at radius 2 is 1.52 bits per heavy atom. The summed E-state index contributed by atoms with van der Waals surface area (Å²) in [5.74, 6) is 0.243. The van der Waals surface area contributed by atoms with Gasteiger partial charge in [-0.2, -0.15) is 0 Å². The lowest BCUT2D eigenvalue weighted by Gasteiger charge is -2.21. The van der Waals surface area contributed by atoms with Crippen molar-refractivity contribution in [2.75, 3.05) is 32.7 Å². The molecule has 2 saturated heterocycles. The first-order valence-electron chi connectivity index (χ1n) is 9.35. The van der Waals surface area contributed by atoms with E-state index in [0.29, 0.717) is 0 Å². The Morgan fingerprint density at radius 3 is 2.17 bits per heavy atom. The van der Waals surface area contributed by atoms with Crippen molar-refractivity contribution in [3.05, 3.63) is 23.0 Å². The summed E-state index contributed by atoms with van der Waals surface area (Å²) in [4.78, 5) is 17.5. The van der Waals surface area contributed by atoms with Crippen LogP contribution in [-0.4, -0.2) is 53.0 Å². The van der Waals surface area contributed by atoms with Crippen LogP contribution >= 0.6 is 0 Å². The summed E-state index contributed by atoms with van der Waals surface area (Å²) < 4.78 is 2.34. The summed E-state index contributed by atoms with van der Waals surface area (Å²) >= 11 is 0. The third kappa shape index (κ3) is 3.79. The van der Waals surface area contributed by atoms with Gasteiger partial charge in [0.25, 0.3) is 5.91 Å². The normalized spacial score (nSPS) is 20.0. The molecule has 0 aliphatic carbocycles. The Kier molecular flexibility index (Phi) is 5.42. The van der Waals surface area contributed by atoms with E-state index >= 15 is 0 Å². The first-order valence-corrected chi connectivity index (χ1v) is 9.35. The van der Waals surface area contributed by atoms with Gasteiger partial charge in [0.1, 0.15) is 0 Å². The minimum atomic E-state index is 0.243. The third-order valence-corrected chi connectivity index (χ3v) is 5.54. The van der Waals surface area contributed by atoms with E-state index in [0.717, 1.165) is 50.3 Å². The monoisotopic (exact) mass is 317 g/mol. The second-order valence-corrected chi connectivity index (χ2v) is 7.19. The summed E-state index contributed by atoms with van der Waals surface area (Å²) in [6.07, 6.45) is 7.50. The van der Waals surface area contributed by atoms with Crippen LogP contribution in [0.3, 0.4) is 0 Å². The molecule has 1 aromatic rings. The standard InChI is InChI=1S/C19H31N3O/c1-16-15-18(19(23)21-11-5-3-4-6-12-21)17(2)22(16)14-13-20-9-7-8-10-20/h15H,3-14H2,1-2H3. The first-order chi connectivity index (χ1) is 11.2. The van der Waals surface area contributed by atoms with Crippen molar-refractivity contribution >= 4 is 5.91 Å². The maximum Gasteiger partial charge on any atom is 0.255 e. The van der Waals surface area contributed by atoms with E-state index in [9.17, 15) is 4.79 Å². The third-order valence-electron chi connectivity index (χ3n) is 5.54. The minimum absolute atomic E-state index is 0.243. The molecule has 2 fully saturated rings. The summed E-state index contributed by atoms with van der Waals surface area (Å²) in [7, 11) is 0. The number of hydrogen-bond donors (Lipinski definition) is 0. The minimum Gasteiger partial charge on any atom is -0.347 e. The Labute approximate surface area is 140 Å². The fraction of sp³-hybridized carbons (Fsp3) is 0.737. The number of rotatable bonds is 4. The Hall–Kier alpha value is -1.29. The van der Waals surface area contributed by atoms with E-state index in [1.807, 2.05) is 0 Å². The molecule has 3 rings (SSSR count). The van der Waals surface area contributed by atoms with E-state index in [-0.39, 0.29) is 5.91 Å². The fourth-order valence-corrected chi connectivity index (χ4v) is 4.05. The lowest BCUT2D eigenvalue weighted by atomic mass is 10.2. The van der Waals surface area contributed by atoms with Gasteiger partial charge in [0.2, 0.25) is 0 Å². The van der Waals surface area contributed by atoms with Crippen molar-refractivity contribution in [3.8, 4) is 0 Å². The number of amides is 1. The number of nitrogens with zero attached hydrogens (tertiary/aromatic N) is 3. The maximum atomic E-state index is 12.9. The highest BCUT2D eigenvalue weighted by Crippen LogP contribution is 2.20. The molecule has 2 aliphatic rings. The number of likely N-dealkylation sites (tertiary alicyclic amines) is 2. The zero-order valence-electron chi connectivity index (χ0n) is 14.8. The van der Waals surface area contributed by atoms with Gasteiger partial charge in [0, 0.05) is 37.6 Å². The van der Waals surface area contributed by atoms with Crippen molar-refractivity contribution < 1.29 is 4.79 Å². The van der Waals surface area contributed by atoms with Gasteiger partial charge >= 0.3 is 0 Å². The van der Waals surface area contributed by atoms with Gasteiger partial charge in [-0.05, 0) is 58.7 Å². The Bertz CT molecular complexity index is 535. The number of carbonyl (C=O) groups is 1. The largest absolute Gasteiger partial charge is 0.347 e. The molecule has 2 aliphatic heterocycles. The average Bonchev–Trinajstić information content (AvgIpc) is 3.04. The van der Waals surface area contributed by atoms with Crippen molar-refractivity contribution in [2.24, 2.45) is 0 Å². The van der Waals surface area contributed by atoms with Gasteiger partial charge in [0.15, 0.2) is 0 Å². The molecule has 0 aromatic carbocycles. The van der Waals surface area contributed by atoms with Gasteiger partial charge < -0.3 is 14.4 Å². The SMILES string of the molecule is Cc1cc(C(=O)N2CCCCCC2)c(C)n1CCN1CCCC1. The van der Waals surface area contributed by atoms with Crippen LogP contribution in [0, 0.1) is 13.8 Å². The smallest absolute Gasteiger partial charge is 0.255 e. The molecular weight excluding hydrogens is 286 g/mol. The lowest BCUT2D eigenvalue weighted by Crippen LogP contribution is -2.32. The molecule has 0 unspecified atom stereocenters. The molecular formula is C19H31N3O. The average molecular weight is 317 g/mol. The second-order valence-electron chi connectivity index (χ2n) is 7.19. The van der Waals surface area contributed by atoms with Crippen LogP contribution in [-0.2, 0) is 6.54 Å². The summed E-state index contributed by atoms with van der Waals surface area (Å²) in [6.45, 7) is 10.7. The molecule has 1 aromatic heterocycles. The van der Waals surface area contributed by atoms with Gasteiger partial charge in [-0.15, -0.1) is 0 Å². The van der Waals surface area contributed by atoms with E-state index < -0.39 is 0 Å². The highest BCUT2D eigenvalue weighted by Gasteiger charge is 2.22. The molecule has 1 amide bonds. The van der Waals surface area contributed by atoms with Crippen molar-refractivity contribution in [1.29, 1.82) is 0 Å². The number of aromatic nitrogens is 1. The van der Waals surface area contributed by atoms with Crippen LogP contribution in [0.25, 0.3) is 0 Å². The van der Waals surface area contributed by atoms with Gasteiger partial charge in [-0.25, -0.2) is 0 Å². The number of aryl methyl sites for hydroxylation is 1. The molecule has 0 saturated carbocycles. The zero-order valence-corrected chi connectivity index (χ0v) is 14.8. The molecule has 0 radical (unpaired) electrons. The maximum absolute atomic E-state index is 12.9. The first kappa shape index (κ1) is 16.6. The van der Waals surface area contributed by atoms with Gasteiger partial charge in [-0.1, -0.05) is 12.8 Å². The highest BCUT2D eigenvalue weighted by molar-refractivity contribution is 5.95. The van der Waals surface area contributed by atoms with Crippen molar-refractivity contribution in [1.82, 2.24) is 14.4 Å². The molecule has 23 heavy (non-hydrogen) atoms. The van der Waals surface area contributed by atoms with Crippen LogP contribution in [0.5, 0.6) is 0 Å². The van der Waals surface area contributed by atoms with Crippen LogP contribution in [0.15, 0.2) is 6.07 Å². The summed E-state index contributed by atoms with van der Waals surface area (Å²) in [5.41, 5.74) is 3.29. The van der Waals surface area contributed by atoms with E-state index in [4.69, 9.17) is 0 Å². The quantitative estimate of drug-likeness (QED) is 0.853. The van der Waals surface area contributed by atoms with E-state index in [1.54, 1.807) is 0 Å². The highest BCUT2D eigenvalue weighted by atomic mass is 16.2. The van der Waals surface area contributed by atoms with Crippen molar-refractivity contribution in [3.63, 3.8) is 0 Å². The lowest BCUT2D eigenvalue weighted by molar-refractivity contribution is 0.0760. The molecule has 3 heterocycles. The van der Waals surface area contributed by atoms with Crippen LogP contribution in [0.1, 0.15) is 60.3 Å². The molecule has 0 atom stereocenters. The molecule has 0 N–H and O–H groups in total. The predicted octanol–water partition coefficient (Wildman–Crippen LogP) is 3.22. The molecule has 4 nitrogen and oxygen atoms in total. The van der Waals surface area contributed by atoms with Gasteiger partial charge in [-0.3, -0.25) is 4.79 Å². The molecule has 4 heteroatoms. The Balaban J connectivity index is 1.69. The van der Waals surface area contributed by atoms with Crippen LogP contribution in [0.2, 0.25) is 0 Å². The number of hydrogen-bond acceptors (Lipinski definition) is 2. The fourth-order valence-electron chi connectivity index (χ4n) is 4.05. The zero-order chi connectivity index (χ0) is 16.2. The van der Waals surface area contributed by atoms with Gasteiger partial charge in [0.05, 0.1) is 5.56 Å².